The van der Waals surface area contributed by atoms with Crippen LogP contribution in [-0.4, -0.2) is 20.3 Å². The van der Waals surface area contributed by atoms with E-state index in [1.54, 1.807) is 7.11 Å². The van der Waals surface area contributed by atoms with Crippen LogP contribution < -0.4 is 4.74 Å². The van der Waals surface area contributed by atoms with Crippen molar-refractivity contribution in [3.05, 3.63) is 42.5 Å². The molecule has 2 aromatic rings. The van der Waals surface area contributed by atoms with Crippen LogP contribution in [0.5, 0.6) is 5.75 Å². The Labute approximate surface area is 89.4 Å². The van der Waals surface area contributed by atoms with Gasteiger partial charge in [0.05, 0.1) is 20.3 Å². The molecule has 1 saturated heterocycles. The van der Waals surface area contributed by atoms with E-state index in [4.69, 9.17) is 4.74 Å². The van der Waals surface area contributed by atoms with Crippen LogP contribution in [0.1, 0.15) is 0 Å². The Morgan fingerprint density at radius 1 is 1.00 bits per heavy atom. The molecule has 3 rings (SSSR count). The molecule has 0 N–H and O–H groups in total. The normalized spacial score (nSPS) is 12.9. The molecule has 0 aliphatic carbocycles. The van der Waals surface area contributed by atoms with Gasteiger partial charge in [-0.3, -0.25) is 0 Å². The van der Waals surface area contributed by atoms with Crippen molar-refractivity contribution >= 4 is 10.8 Å². The first-order chi connectivity index (χ1) is 7.42. The molecule has 1 heterocycles. The molecule has 0 saturated carbocycles. The van der Waals surface area contributed by atoms with Gasteiger partial charge in [-0.1, -0.05) is 36.4 Å². The molecular formula is C13H14O2. The van der Waals surface area contributed by atoms with E-state index in [1.807, 2.05) is 24.3 Å². The van der Waals surface area contributed by atoms with Gasteiger partial charge in [0.2, 0.25) is 0 Å². The molecule has 1 aliphatic heterocycles. The number of ether oxygens (including phenoxy) is 2. The maximum Gasteiger partial charge on any atom is 0.126 e. The van der Waals surface area contributed by atoms with E-state index in [2.05, 4.69) is 22.9 Å². The minimum absolute atomic E-state index is 0.938. The number of hydrogen-bond donors (Lipinski definition) is 0. The maximum atomic E-state index is 5.23. The first-order valence-corrected chi connectivity index (χ1v) is 5.01. The zero-order chi connectivity index (χ0) is 10.5. The molecular weight excluding hydrogens is 188 g/mol. The molecule has 0 radical (unpaired) electrons. The first-order valence-electron chi connectivity index (χ1n) is 5.01. The monoisotopic (exact) mass is 202 g/mol. The second kappa shape index (κ2) is 4.80. The van der Waals surface area contributed by atoms with Crippen LogP contribution in [0.4, 0.5) is 0 Å². The molecule has 0 unspecified atom stereocenters. The third kappa shape index (κ3) is 2.70. The second-order valence-electron chi connectivity index (χ2n) is 3.29. The summed E-state index contributed by atoms with van der Waals surface area (Å²) in [6.45, 7) is 2.00. The Bertz CT molecular complexity index is 427. The van der Waals surface area contributed by atoms with Gasteiger partial charge in [0, 0.05) is 5.39 Å². The van der Waals surface area contributed by atoms with E-state index in [1.165, 1.54) is 10.8 Å². The topological polar surface area (TPSA) is 21.8 Å². The molecule has 0 bridgehead atoms. The van der Waals surface area contributed by atoms with Gasteiger partial charge in [-0.2, -0.15) is 0 Å². The van der Waals surface area contributed by atoms with Crippen LogP contribution in [0.15, 0.2) is 42.5 Å². The average molecular weight is 202 g/mol. The lowest BCUT2D eigenvalue weighted by atomic mass is 10.1. The van der Waals surface area contributed by atoms with Crippen LogP contribution in [0.3, 0.4) is 0 Å². The van der Waals surface area contributed by atoms with Crippen molar-refractivity contribution < 1.29 is 9.47 Å². The van der Waals surface area contributed by atoms with Gasteiger partial charge in [-0.05, 0) is 11.5 Å². The fraction of sp³-hybridized carbons (Fsp3) is 0.231. The molecule has 0 spiro atoms. The fourth-order valence-corrected chi connectivity index (χ4v) is 1.37. The largest absolute Gasteiger partial charge is 0.496 e. The molecule has 15 heavy (non-hydrogen) atoms. The van der Waals surface area contributed by atoms with Crippen LogP contribution >= 0.6 is 0 Å². The Balaban J connectivity index is 0.000000244. The Morgan fingerprint density at radius 2 is 1.67 bits per heavy atom. The molecule has 2 aromatic carbocycles. The van der Waals surface area contributed by atoms with Gasteiger partial charge in [0.1, 0.15) is 5.75 Å². The number of fused-ring (bicyclic) bond motifs is 1. The van der Waals surface area contributed by atoms with Crippen molar-refractivity contribution in [2.75, 3.05) is 20.3 Å². The highest BCUT2D eigenvalue weighted by molar-refractivity contribution is 5.88. The van der Waals surface area contributed by atoms with Gasteiger partial charge in [0.15, 0.2) is 0 Å². The lowest BCUT2D eigenvalue weighted by Crippen LogP contribution is -1.83. The predicted molar refractivity (Wildman–Crippen MR) is 61.3 cm³/mol. The second-order valence-corrected chi connectivity index (χ2v) is 3.29. The zero-order valence-electron chi connectivity index (χ0n) is 8.77. The van der Waals surface area contributed by atoms with E-state index in [-0.39, 0.29) is 0 Å². The summed E-state index contributed by atoms with van der Waals surface area (Å²) in [6, 6.07) is 14.2. The van der Waals surface area contributed by atoms with Gasteiger partial charge in [-0.25, -0.2) is 0 Å². The van der Waals surface area contributed by atoms with E-state index >= 15 is 0 Å². The summed E-state index contributed by atoms with van der Waals surface area (Å²) < 4.78 is 9.73. The Hall–Kier alpha value is -1.54. The van der Waals surface area contributed by atoms with Gasteiger partial charge in [0.25, 0.3) is 0 Å². The summed E-state index contributed by atoms with van der Waals surface area (Å²) >= 11 is 0. The summed E-state index contributed by atoms with van der Waals surface area (Å²) in [5, 5.41) is 2.39. The van der Waals surface area contributed by atoms with Crippen LogP contribution in [0, 0.1) is 0 Å². The van der Waals surface area contributed by atoms with Crippen molar-refractivity contribution in [3.8, 4) is 5.75 Å². The zero-order valence-corrected chi connectivity index (χ0v) is 8.77. The molecule has 0 aromatic heterocycles. The Kier molecular flexibility index (Phi) is 3.20. The fourth-order valence-electron chi connectivity index (χ4n) is 1.37. The van der Waals surface area contributed by atoms with Gasteiger partial charge in [-0.15, -0.1) is 0 Å². The Morgan fingerprint density at radius 3 is 2.33 bits per heavy atom. The highest BCUT2D eigenvalue weighted by Gasteiger charge is 1.97. The quantitative estimate of drug-likeness (QED) is 0.663. The van der Waals surface area contributed by atoms with Crippen molar-refractivity contribution in [3.63, 3.8) is 0 Å². The van der Waals surface area contributed by atoms with Crippen LogP contribution in [0.25, 0.3) is 10.8 Å². The number of benzene rings is 2. The van der Waals surface area contributed by atoms with Crippen molar-refractivity contribution in [2.24, 2.45) is 0 Å². The van der Waals surface area contributed by atoms with Crippen molar-refractivity contribution in [1.29, 1.82) is 0 Å². The summed E-state index contributed by atoms with van der Waals surface area (Å²) in [4.78, 5) is 0. The lowest BCUT2D eigenvalue weighted by Gasteiger charge is -2.03. The average Bonchev–Trinajstić information content (AvgIpc) is 3.16. The molecule has 2 heteroatoms. The molecule has 78 valence electrons. The van der Waals surface area contributed by atoms with Gasteiger partial charge >= 0.3 is 0 Å². The number of epoxide rings is 1. The summed E-state index contributed by atoms with van der Waals surface area (Å²) in [5.74, 6) is 0.938. The number of methoxy groups -OCH3 is 1. The van der Waals surface area contributed by atoms with Crippen molar-refractivity contribution in [2.45, 2.75) is 0 Å². The van der Waals surface area contributed by atoms with Gasteiger partial charge < -0.3 is 9.47 Å². The highest BCUT2D eigenvalue weighted by Crippen LogP contribution is 2.24. The molecule has 0 amide bonds. The summed E-state index contributed by atoms with van der Waals surface area (Å²) in [7, 11) is 1.70. The molecule has 2 nitrogen and oxygen atoms in total. The smallest absolute Gasteiger partial charge is 0.126 e. The van der Waals surface area contributed by atoms with Crippen LogP contribution in [0.2, 0.25) is 0 Å². The van der Waals surface area contributed by atoms with E-state index < -0.39 is 0 Å². The molecule has 0 atom stereocenters. The SMILES string of the molecule is C1CO1.COc1cccc2ccccc12. The molecule has 1 aliphatic rings. The predicted octanol–water partition coefficient (Wildman–Crippen LogP) is 2.87. The lowest BCUT2D eigenvalue weighted by molar-refractivity contribution is 0.420. The van der Waals surface area contributed by atoms with E-state index in [9.17, 15) is 0 Å². The first kappa shape index (κ1) is 9.99. The van der Waals surface area contributed by atoms with E-state index in [0.717, 1.165) is 19.0 Å². The van der Waals surface area contributed by atoms with Crippen molar-refractivity contribution in [1.82, 2.24) is 0 Å². The standard InChI is InChI=1S/C11H10O.C2H4O/c1-12-11-8-4-6-9-5-2-3-7-10(9)11;1-2-3-1/h2-8H,1H3;1-2H2. The minimum Gasteiger partial charge on any atom is -0.496 e. The minimum atomic E-state index is 0.938. The summed E-state index contributed by atoms with van der Waals surface area (Å²) in [5.41, 5.74) is 0. The van der Waals surface area contributed by atoms with Crippen LogP contribution in [-0.2, 0) is 4.74 Å². The summed E-state index contributed by atoms with van der Waals surface area (Å²) in [6.07, 6.45) is 0. The van der Waals surface area contributed by atoms with E-state index in [0.29, 0.717) is 0 Å². The number of hydrogen-bond acceptors (Lipinski definition) is 2. The highest BCUT2D eigenvalue weighted by atomic mass is 16.6. The third-order valence-electron chi connectivity index (χ3n) is 2.17. The maximum absolute atomic E-state index is 5.23. The number of rotatable bonds is 1. The third-order valence-corrected chi connectivity index (χ3v) is 2.17. The molecule has 1 fully saturated rings.